The number of aliphatic hydroxyl groups is 1. The van der Waals surface area contributed by atoms with E-state index >= 15 is 0 Å². The summed E-state index contributed by atoms with van der Waals surface area (Å²) in [6, 6.07) is 7.10. The first-order chi connectivity index (χ1) is 8.04. The summed E-state index contributed by atoms with van der Waals surface area (Å²) in [6.45, 7) is 4.09. The second kappa shape index (κ2) is 6.62. The number of carbonyl (C=O) groups is 1. The number of alkyl halides is 1. The first kappa shape index (κ1) is 14.0. The highest BCUT2D eigenvalue weighted by atomic mass is 35.5. The molecule has 0 radical (unpaired) electrons. The molecule has 0 aliphatic heterocycles. The van der Waals surface area contributed by atoms with E-state index in [0.29, 0.717) is 11.4 Å². The van der Waals surface area contributed by atoms with Crippen LogP contribution in [0.1, 0.15) is 29.8 Å². The Bertz CT molecular complexity index is 362. The maximum absolute atomic E-state index is 11.7. The van der Waals surface area contributed by atoms with Gasteiger partial charge in [0.2, 0.25) is 0 Å². The van der Waals surface area contributed by atoms with Gasteiger partial charge >= 0.3 is 0 Å². The van der Waals surface area contributed by atoms with E-state index in [-0.39, 0.29) is 18.4 Å². The van der Waals surface area contributed by atoms with Crippen molar-refractivity contribution < 1.29 is 9.90 Å². The van der Waals surface area contributed by atoms with Crippen LogP contribution < -0.4 is 5.32 Å². The number of benzene rings is 1. The van der Waals surface area contributed by atoms with Crippen LogP contribution in [0.25, 0.3) is 0 Å². The molecule has 0 saturated carbocycles. The maximum atomic E-state index is 11.7. The molecular formula is C13H18ClNO2. The summed E-state index contributed by atoms with van der Waals surface area (Å²) in [5.41, 5.74) is 1.56. The number of hydrogen-bond acceptors (Lipinski definition) is 2. The van der Waals surface area contributed by atoms with Crippen molar-refractivity contribution in [1.82, 2.24) is 5.32 Å². The van der Waals surface area contributed by atoms with Gasteiger partial charge in [-0.25, -0.2) is 0 Å². The van der Waals surface area contributed by atoms with Crippen LogP contribution in [0.2, 0.25) is 0 Å². The maximum Gasteiger partial charge on any atom is 0.251 e. The van der Waals surface area contributed by atoms with E-state index in [0.717, 1.165) is 5.56 Å². The standard InChI is InChI=1S/C13H18ClNO2/c1-9(2)12(16)8-15-13(17)11-5-3-10(7-14)4-6-11/h3-6,9,12,16H,7-8H2,1-2H3,(H,15,17). The molecule has 17 heavy (non-hydrogen) atoms. The Morgan fingerprint density at radius 2 is 1.94 bits per heavy atom. The molecule has 0 fully saturated rings. The predicted molar refractivity (Wildman–Crippen MR) is 69.2 cm³/mol. The molecule has 0 spiro atoms. The van der Waals surface area contributed by atoms with Gasteiger partial charge in [-0.15, -0.1) is 11.6 Å². The van der Waals surface area contributed by atoms with Gasteiger partial charge in [-0.1, -0.05) is 26.0 Å². The SMILES string of the molecule is CC(C)C(O)CNC(=O)c1ccc(CCl)cc1. The zero-order valence-corrected chi connectivity index (χ0v) is 10.9. The van der Waals surface area contributed by atoms with Gasteiger partial charge in [0.15, 0.2) is 0 Å². The second-order valence-electron chi connectivity index (χ2n) is 4.35. The lowest BCUT2D eigenvalue weighted by Gasteiger charge is -2.15. The van der Waals surface area contributed by atoms with E-state index in [1.165, 1.54) is 0 Å². The van der Waals surface area contributed by atoms with Crippen LogP contribution in [0.4, 0.5) is 0 Å². The molecule has 3 nitrogen and oxygen atoms in total. The van der Waals surface area contributed by atoms with E-state index in [1.54, 1.807) is 12.1 Å². The predicted octanol–water partition coefficient (Wildman–Crippen LogP) is 2.17. The molecule has 1 unspecified atom stereocenters. The molecule has 1 aromatic rings. The van der Waals surface area contributed by atoms with Gasteiger partial charge in [0, 0.05) is 18.0 Å². The Hall–Kier alpha value is -1.06. The Balaban J connectivity index is 2.52. The third kappa shape index (κ3) is 4.36. The Morgan fingerprint density at radius 1 is 1.35 bits per heavy atom. The van der Waals surface area contributed by atoms with E-state index < -0.39 is 6.10 Å². The summed E-state index contributed by atoms with van der Waals surface area (Å²) in [4.78, 5) is 11.7. The zero-order valence-electron chi connectivity index (χ0n) is 10.1. The lowest BCUT2D eigenvalue weighted by molar-refractivity contribution is 0.0871. The minimum atomic E-state index is -0.513. The average Bonchev–Trinajstić information content (AvgIpc) is 2.35. The highest BCUT2D eigenvalue weighted by molar-refractivity contribution is 6.17. The van der Waals surface area contributed by atoms with Gasteiger partial charge < -0.3 is 10.4 Å². The number of amides is 1. The molecule has 1 amide bonds. The number of aliphatic hydroxyl groups excluding tert-OH is 1. The van der Waals surface area contributed by atoms with E-state index in [9.17, 15) is 9.90 Å². The van der Waals surface area contributed by atoms with Crippen LogP contribution in [0.5, 0.6) is 0 Å². The molecule has 4 heteroatoms. The number of halogens is 1. The average molecular weight is 256 g/mol. The number of nitrogens with one attached hydrogen (secondary N) is 1. The third-order valence-electron chi connectivity index (χ3n) is 2.61. The van der Waals surface area contributed by atoms with Crippen LogP contribution in [0, 0.1) is 5.92 Å². The van der Waals surface area contributed by atoms with Gasteiger partial charge in [-0.3, -0.25) is 4.79 Å². The molecule has 1 rings (SSSR count). The van der Waals surface area contributed by atoms with Gasteiger partial charge in [-0.05, 0) is 23.6 Å². The fourth-order valence-corrected chi connectivity index (χ4v) is 1.46. The van der Waals surface area contributed by atoms with Gasteiger partial charge in [-0.2, -0.15) is 0 Å². The monoisotopic (exact) mass is 255 g/mol. The van der Waals surface area contributed by atoms with Gasteiger partial charge in [0.05, 0.1) is 6.10 Å². The largest absolute Gasteiger partial charge is 0.391 e. The summed E-state index contributed by atoms with van der Waals surface area (Å²) in [7, 11) is 0. The molecule has 0 aliphatic carbocycles. The van der Waals surface area contributed by atoms with Crippen LogP contribution in [-0.2, 0) is 5.88 Å². The first-order valence-corrected chi connectivity index (χ1v) is 6.19. The normalized spacial score (nSPS) is 12.5. The summed E-state index contributed by atoms with van der Waals surface area (Å²) in [6.07, 6.45) is -0.513. The summed E-state index contributed by atoms with van der Waals surface area (Å²) in [5, 5.41) is 12.3. The molecule has 0 heterocycles. The summed E-state index contributed by atoms with van der Waals surface area (Å²) < 4.78 is 0. The Labute approximate surface area is 107 Å². The molecule has 0 bridgehead atoms. The lowest BCUT2D eigenvalue weighted by atomic mass is 10.1. The van der Waals surface area contributed by atoms with Crippen molar-refractivity contribution in [2.45, 2.75) is 25.8 Å². The second-order valence-corrected chi connectivity index (χ2v) is 4.62. The van der Waals surface area contributed by atoms with Crippen LogP contribution >= 0.6 is 11.6 Å². The minimum Gasteiger partial charge on any atom is -0.391 e. The zero-order chi connectivity index (χ0) is 12.8. The first-order valence-electron chi connectivity index (χ1n) is 5.65. The molecule has 1 aromatic carbocycles. The highest BCUT2D eigenvalue weighted by Gasteiger charge is 2.11. The summed E-state index contributed by atoms with van der Waals surface area (Å²) >= 11 is 5.66. The van der Waals surface area contributed by atoms with Crippen molar-refractivity contribution in [3.63, 3.8) is 0 Å². The highest BCUT2D eigenvalue weighted by Crippen LogP contribution is 2.07. The van der Waals surface area contributed by atoms with Crippen molar-refractivity contribution in [3.8, 4) is 0 Å². The van der Waals surface area contributed by atoms with E-state index in [4.69, 9.17) is 11.6 Å². The molecule has 1 atom stereocenters. The Morgan fingerprint density at radius 3 is 2.41 bits per heavy atom. The van der Waals surface area contributed by atoms with E-state index in [2.05, 4.69) is 5.32 Å². The molecular weight excluding hydrogens is 238 g/mol. The fourth-order valence-electron chi connectivity index (χ4n) is 1.28. The minimum absolute atomic E-state index is 0.133. The van der Waals surface area contributed by atoms with Crippen LogP contribution in [0.3, 0.4) is 0 Å². The molecule has 94 valence electrons. The number of carbonyl (C=O) groups excluding carboxylic acids is 1. The van der Waals surface area contributed by atoms with E-state index in [1.807, 2.05) is 26.0 Å². The fraction of sp³-hybridized carbons (Fsp3) is 0.462. The van der Waals surface area contributed by atoms with Crippen molar-refractivity contribution in [1.29, 1.82) is 0 Å². The Kier molecular flexibility index (Phi) is 5.45. The van der Waals surface area contributed by atoms with Gasteiger partial charge in [0.25, 0.3) is 5.91 Å². The molecule has 0 aliphatic rings. The smallest absolute Gasteiger partial charge is 0.251 e. The van der Waals surface area contributed by atoms with Gasteiger partial charge in [0.1, 0.15) is 0 Å². The van der Waals surface area contributed by atoms with Crippen molar-refractivity contribution >= 4 is 17.5 Å². The molecule has 0 saturated heterocycles. The number of hydrogen-bond donors (Lipinski definition) is 2. The number of rotatable bonds is 5. The van der Waals surface area contributed by atoms with Crippen LogP contribution in [0.15, 0.2) is 24.3 Å². The molecule has 0 aromatic heterocycles. The van der Waals surface area contributed by atoms with Crippen molar-refractivity contribution in [2.24, 2.45) is 5.92 Å². The topological polar surface area (TPSA) is 49.3 Å². The van der Waals surface area contributed by atoms with Crippen molar-refractivity contribution in [2.75, 3.05) is 6.54 Å². The molecule has 2 N–H and O–H groups in total. The lowest BCUT2D eigenvalue weighted by Crippen LogP contribution is -2.34. The summed E-state index contributed by atoms with van der Waals surface area (Å²) in [5.74, 6) is 0.397. The van der Waals surface area contributed by atoms with Crippen LogP contribution in [-0.4, -0.2) is 23.7 Å². The van der Waals surface area contributed by atoms with Crippen molar-refractivity contribution in [3.05, 3.63) is 35.4 Å². The third-order valence-corrected chi connectivity index (χ3v) is 2.92. The quantitative estimate of drug-likeness (QED) is 0.793.